The number of halogens is 1. The molecule has 1 aromatic carbocycles. The molecule has 1 heterocycles. The highest BCUT2D eigenvalue weighted by Crippen LogP contribution is 2.26. The number of benzene rings is 1. The van der Waals surface area contributed by atoms with Gasteiger partial charge in [0.15, 0.2) is 5.16 Å². The topological polar surface area (TPSA) is 77.2 Å². The van der Waals surface area contributed by atoms with Crippen molar-refractivity contribution in [2.45, 2.75) is 12.1 Å². The highest BCUT2D eigenvalue weighted by atomic mass is 32.2. The number of methoxy groups -OCH3 is 1. The third-order valence-corrected chi connectivity index (χ3v) is 3.43. The van der Waals surface area contributed by atoms with Gasteiger partial charge in [0, 0.05) is 6.07 Å². The Balaban J connectivity index is 2.46. The zero-order valence-electron chi connectivity index (χ0n) is 10.8. The van der Waals surface area contributed by atoms with Crippen molar-refractivity contribution < 1.29 is 19.0 Å². The number of aromatic nitrogens is 3. The SMILES string of the molecule is COc1ccc(F)c(-n2c(C)nnc2SCC(=O)O)c1. The molecule has 0 atom stereocenters. The lowest BCUT2D eigenvalue weighted by atomic mass is 10.3. The van der Waals surface area contributed by atoms with E-state index in [4.69, 9.17) is 9.84 Å². The fourth-order valence-corrected chi connectivity index (χ4v) is 2.34. The zero-order valence-corrected chi connectivity index (χ0v) is 11.6. The van der Waals surface area contributed by atoms with Crippen LogP contribution in [0, 0.1) is 12.7 Å². The van der Waals surface area contributed by atoms with Crippen LogP contribution < -0.4 is 4.74 Å². The van der Waals surface area contributed by atoms with Gasteiger partial charge in [-0.2, -0.15) is 0 Å². The van der Waals surface area contributed by atoms with Crippen LogP contribution in [0.15, 0.2) is 23.4 Å². The number of carboxylic acids is 1. The van der Waals surface area contributed by atoms with Crippen LogP contribution in [0.4, 0.5) is 4.39 Å². The van der Waals surface area contributed by atoms with Crippen LogP contribution in [-0.4, -0.2) is 38.7 Å². The van der Waals surface area contributed by atoms with Crippen LogP contribution in [0.25, 0.3) is 5.69 Å². The molecule has 20 heavy (non-hydrogen) atoms. The number of aryl methyl sites for hydroxylation is 1. The maximum Gasteiger partial charge on any atom is 0.313 e. The Hall–Kier alpha value is -2.09. The van der Waals surface area contributed by atoms with Crippen molar-refractivity contribution in [1.82, 2.24) is 14.8 Å². The summed E-state index contributed by atoms with van der Waals surface area (Å²) in [5.41, 5.74) is 0.222. The predicted octanol–water partition coefficient (Wildman–Crippen LogP) is 1.90. The first-order chi connectivity index (χ1) is 9.52. The number of carbonyl (C=O) groups is 1. The van der Waals surface area contributed by atoms with Gasteiger partial charge in [-0.1, -0.05) is 11.8 Å². The summed E-state index contributed by atoms with van der Waals surface area (Å²) in [5.74, 6) is -0.670. The maximum absolute atomic E-state index is 14.0. The lowest BCUT2D eigenvalue weighted by Gasteiger charge is -2.10. The quantitative estimate of drug-likeness (QED) is 0.849. The van der Waals surface area contributed by atoms with Gasteiger partial charge in [-0.15, -0.1) is 10.2 Å². The van der Waals surface area contributed by atoms with E-state index < -0.39 is 11.8 Å². The van der Waals surface area contributed by atoms with Gasteiger partial charge in [0.05, 0.1) is 18.6 Å². The summed E-state index contributed by atoms with van der Waals surface area (Å²) in [6.07, 6.45) is 0. The molecule has 0 bridgehead atoms. The van der Waals surface area contributed by atoms with Gasteiger partial charge >= 0.3 is 5.97 Å². The van der Waals surface area contributed by atoms with E-state index >= 15 is 0 Å². The lowest BCUT2D eigenvalue weighted by molar-refractivity contribution is -0.133. The molecule has 106 valence electrons. The van der Waals surface area contributed by atoms with Gasteiger partial charge < -0.3 is 9.84 Å². The second kappa shape index (κ2) is 5.91. The Kier molecular flexibility index (Phi) is 4.23. The molecule has 0 aliphatic carbocycles. The number of ether oxygens (including phenoxy) is 1. The first kappa shape index (κ1) is 14.3. The van der Waals surface area contributed by atoms with Crippen molar-refractivity contribution in [3.63, 3.8) is 0 Å². The zero-order chi connectivity index (χ0) is 14.7. The second-order valence-electron chi connectivity index (χ2n) is 3.86. The van der Waals surface area contributed by atoms with Crippen molar-refractivity contribution in [3.05, 3.63) is 29.8 Å². The summed E-state index contributed by atoms with van der Waals surface area (Å²) < 4.78 is 20.5. The van der Waals surface area contributed by atoms with Crippen molar-refractivity contribution in [1.29, 1.82) is 0 Å². The molecule has 0 aliphatic rings. The van der Waals surface area contributed by atoms with E-state index in [1.807, 2.05) is 0 Å². The average molecular weight is 297 g/mol. The molecule has 0 fully saturated rings. The van der Waals surface area contributed by atoms with Crippen LogP contribution in [0.1, 0.15) is 5.82 Å². The summed E-state index contributed by atoms with van der Waals surface area (Å²) >= 11 is 0.975. The van der Waals surface area contributed by atoms with Gasteiger partial charge in [-0.05, 0) is 19.1 Å². The maximum atomic E-state index is 14.0. The number of rotatable bonds is 5. The molecule has 6 nitrogen and oxygen atoms in total. The Bertz CT molecular complexity index is 645. The van der Waals surface area contributed by atoms with Crippen molar-refractivity contribution in [3.8, 4) is 11.4 Å². The fraction of sp³-hybridized carbons (Fsp3) is 0.250. The number of hydrogen-bond acceptors (Lipinski definition) is 5. The fourth-order valence-electron chi connectivity index (χ4n) is 1.63. The van der Waals surface area contributed by atoms with Crippen LogP contribution in [0.3, 0.4) is 0 Å². The largest absolute Gasteiger partial charge is 0.497 e. The van der Waals surface area contributed by atoms with E-state index in [-0.39, 0.29) is 11.4 Å². The van der Waals surface area contributed by atoms with Crippen LogP contribution in [-0.2, 0) is 4.79 Å². The minimum absolute atomic E-state index is 0.177. The third-order valence-electron chi connectivity index (χ3n) is 2.51. The van der Waals surface area contributed by atoms with Gasteiger partial charge in [-0.3, -0.25) is 9.36 Å². The summed E-state index contributed by atoms with van der Waals surface area (Å²) in [7, 11) is 1.48. The second-order valence-corrected chi connectivity index (χ2v) is 4.81. The van der Waals surface area contributed by atoms with E-state index in [2.05, 4.69) is 10.2 Å². The number of nitrogens with zero attached hydrogens (tertiary/aromatic N) is 3. The smallest absolute Gasteiger partial charge is 0.313 e. The van der Waals surface area contributed by atoms with Crippen LogP contribution in [0.5, 0.6) is 5.75 Å². The molecule has 2 rings (SSSR count). The standard InChI is InChI=1S/C12H12FN3O3S/c1-7-14-15-12(20-6-11(17)18)16(7)10-5-8(19-2)3-4-9(10)13/h3-5H,6H2,1-2H3,(H,17,18). The Morgan fingerprint density at radius 3 is 2.90 bits per heavy atom. The lowest BCUT2D eigenvalue weighted by Crippen LogP contribution is -2.05. The highest BCUT2D eigenvalue weighted by molar-refractivity contribution is 7.99. The Morgan fingerprint density at radius 1 is 1.50 bits per heavy atom. The molecule has 0 radical (unpaired) electrons. The van der Waals surface area contributed by atoms with Crippen molar-refractivity contribution >= 4 is 17.7 Å². The van der Waals surface area contributed by atoms with E-state index in [0.717, 1.165) is 11.8 Å². The van der Waals surface area contributed by atoms with E-state index in [1.165, 1.54) is 29.9 Å². The predicted molar refractivity (Wildman–Crippen MR) is 71.0 cm³/mol. The molecule has 8 heteroatoms. The number of carboxylic acid groups (broad SMARTS) is 1. The first-order valence-corrected chi connectivity index (χ1v) is 6.62. The molecule has 0 saturated carbocycles. The summed E-state index contributed by atoms with van der Waals surface area (Å²) in [6, 6.07) is 4.29. The molecule has 2 aromatic rings. The number of aliphatic carboxylic acids is 1. The Morgan fingerprint density at radius 2 is 2.25 bits per heavy atom. The molecule has 0 amide bonds. The minimum atomic E-state index is -0.978. The van der Waals surface area contributed by atoms with Gasteiger partial charge in [0.1, 0.15) is 17.4 Å². The van der Waals surface area contributed by atoms with Crippen molar-refractivity contribution in [2.24, 2.45) is 0 Å². The Labute approximate surface area is 118 Å². The first-order valence-electron chi connectivity index (χ1n) is 5.63. The van der Waals surface area contributed by atoms with Gasteiger partial charge in [0.2, 0.25) is 0 Å². The normalized spacial score (nSPS) is 10.6. The van der Waals surface area contributed by atoms with E-state index in [9.17, 15) is 9.18 Å². The molecule has 0 saturated heterocycles. The number of thioether (sulfide) groups is 1. The van der Waals surface area contributed by atoms with Crippen LogP contribution in [0.2, 0.25) is 0 Å². The van der Waals surface area contributed by atoms with E-state index in [1.54, 1.807) is 6.92 Å². The molecule has 1 aromatic heterocycles. The molecular formula is C12H12FN3O3S. The molecular weight excluding hydrogens is 285 g/mol. The van der Waals surface area contributed by atoms with Gasteiger partial charge in [-0.25, -0.2) is 4.39 Å². The molecule has 0 spiro atoms. The summed E-state index contributed by atoms with van der Waals surface area (Å²) in [6.45, 7) is 1.66. The van der Waals surface area contributed by atoms with E-state index in [0.29, 0.717) is 16.7 Å². The molecule has 1 N–H and O–H groups in total. The number of hydrogen-bond donors (Lipinski definition) is 1. The minimum Gasteiger partial charge on any atom is -0.497 e. The van der Waals surface area contributed by atoms with Crippen molar-refractivity contribution in [2.75, 3.05) is 12.9 Å². The highest BCUT2D eigenvalue weighted by Gasteiger charge is 2.16. The molecule has 0 aliphatic heterocycles. The van der Waals surface area contributed by atoms with Gasteiger partial charge in [0.25, 0.3) is 0 Å². The average Bonchev–Trinajstić information content (AvgIpc) is 2.78. The summed E-state index contributed by atoms with van der Waals surface area (Å²) in [5, 5.41) is 16.7. The molecule has 0 unspecified atom stereocenters. The summed E-state index contributed by atoms with van der Waals surface area (Å²) in [4.78, 5) is 10.6. The third kappa shape index (κ3) is 2.90. The monoisotopic (exact) mass is 297 g/mol. The van der Waals surface area contributed by atoms with Crippen LogP contribution >= 0.6 is 11.8 Å².